The summed E-state index contributed by atoms with van der Waals surface area (Å²) in [6, 6.07) is -0.994. The largest absolute Gasteiger partial charge is 0.394 e. The van der Waals surface area contributed by atoms with E-state index in [2.05, 4.69) is 55.6 Å². The Hall–Kier alpha value is -2.25. The van der Waals surface area contributed by atoms with Crippen molar-refractivity contribution in [1.29, 1.82) is 0 Å². The minimum atomic E-state index is -1.98. The van der Waals surface area contributed by atoms with Gasteiger partial charge in [-0.2, -0.15) is 0 Å². The number of amides is 1. The van der Waals surface area contributed by atoms with E-state index in [-0.39, 0.29) is 18.9 Å². The molecule has 544 valence electrons. The van der Waals surface area contributed by atoms with E-state index in [0.29, 0.717) is 12.8 Å². The zero-order valence-electron chi connectivity index (χ0n) is 57.7. The molecule has 0 aliphatic carbocycles. The highest BCUT2D eigenvalue weighted by Crippen LogP contribution is 2.33. The molecule has 3 rings (SSSR count). The molecule has 3 aliphatic heterocycles. The van der Waals surface area contributed by atoms with Gasteiger partial charge in [0.1, 0.15) is 73.2 Å². The molecule has 3 fully saturated rings. The summed E-state index contributed by atoms with van der Waals surface area (Å²) in [7, 11) is 0. The highest BCUT2D eigenvalue weighted by Gasteiger charge is 2.53. The third-order valence-corrected chi connectivity index (χ3v) is 18.6. The summed E-state index contributed by atoms with van der Waals surface area (Å²) in [5, 5.41) is 121. The summed E-state index contributed by atoms with van der Waals surface area (Å²) < 4.78 is 34.4. The zero-order chi connectivity index (χ0) is 67.5. The van der Waals surface area contributed by atoms with Crippen LogP contribution in [0.5, 0.6) is 0 Å². The average molecular weight is 1330 g/mol. The molecule has 0 bridgehead atoms. The number of aliphatic hydroxyl groups is 11. The number of unbranched alkanes of at least 4 members (excludes halogenated alkanes) is 36. The van der Waals surface area contributed by atoms with Gasteiger partial charge < -0.3 is 89.9 Å². The predicted octanol–water partition coefficient (Wildman–Crippen LogP) is 10.9. The SMILES string of the molecule is CCCCC/C=C\C/C=C\CCCCCCCCCCCC(=O)NC(COC1OC(CO)C(OC2OC(CO)C(OC3OC(CO)C(O)C(O)C3O)C(O)C2O)C(O)C1O)C(O)/C=C/CC/C=C/CCCCCCCCCCCCCCCCCCCCCCCCC. The van der Waals surface area contributed by atoms with Crippen LogP contribution in [0.15, 0.2) is 48.6 Å². The van der Waals surface area contributed by atoms with Crippen molar-refractivity contribution in [3.05, 3.63) is 48.6 Å². The molecule has 0 saturated carbocycles. The Bertz CT molecular complexity index is 1870. The molecule has 0 aromatic rings. The van der Waals surface area contributed by atoms with Crippen LogP contribution >= 0.6 is 0 Å². The van der Waals surface area contributed by atoms with Crippen molar-refractivity contribution in [2.45, 2.75) is 388 Å². The molecule has 0 radical (unpaired) electrons. The second-order valence-electron chi connectivity index (χ2n) is 26.7. The van der Waals surface area contributed by atoms with Gasteiger partial charge in [0.05, 0.1) is 38.6 Å². The molecule has 12 N–H and O–H groups in total. The summed E-state index contributed by atoms with van der Waals surface area (Å²) in [6.45, 7) is 1.71. The van der Waals surface area contributed by atoms with Gasteiger partial charge in [-0.15, -0.1) is 0 Å². The fourth-order valence-electron chi connectivity index (χ4n) is 12.5. The summed E-state index contributed by atoms with van der Waals surface area (Å²) in [5.74, 6) is -0.288. The van der Waals surface area contributed by atoms with Crippen LogP contribution in [0, 0.1) is 0 Å². The molecular weight excluding hydrogens is 1190 g/mol. The Balaban J connectivity index is 1.42. The van der Waals surface area contributed by atoms with E-state index in [4.69, 9.17) is 28.4 Å². The van der Waals surface area contributed by atoms with Crippen LogP contribution in [0.1, 0.15) is 284 Å². The number of allylic oxidation sites excluding steroid dienone is 7. The van der Waals surface area contributed by atoms with E-state index < -0.39 is 124 Å². The van der Waals surface area contributed by atoms with Gasteiger partial charge >= 0.3 is 0 Å². The molecule has 3 saturated heterocycles. The Morgan fingerprint density at radius 2 is 0.720 bits per heavy atom. The van der Waals surface area contributed by atoms with E-state index in [1.165, 1.54) is 193 Å². The number of hydrogen-bond acceptors (Lipinski definition) is 18. The average Bonchev–Trinajstić information content (AvgIpc) is 0.985. The fourth-order valence-corrected chi connectivity index (χ4v) is 12.5. The van der Waals surface area contributed by atoms with E-state index >= 15 is 0 Å². The smallest absolute Gasteiger partial charge is 0.220 e. The number of aliphatic hydroxyl groups excluding tert-OH is 11. The van der Waals surface area contributed by atoms with Crippen molar-refractivity contribution in [2.75, 3.05) is 26.4 Å². The van der Waals surface area contributed by atoms with Crippen molar-refractivity contribution in [2.24, 2.45) is 0 Å². The topological polar surface area (TPSA) is 307 Å². The lowest BCUT2D eigenvalue weighted by atomic mass is 9.96. The minimum Gasteiger partial charge on any atom is -0.394 e. The molecule has 0 aromatic heterocycles. The summed E-state index contributed by atoms with van der Waals surface area (Å²) >= 11 is 0. The van der Waals surface area contributed by atoms with E-state index in [1.807, 2.05) is 6.08 Å². The van der Waals surface area contributed by atoms with Gasteiger partial charge in [0.15, 0.2) is 18.9 Å². The Morgan fingerprint density at radius 1 is 0.387 bits per heavy atom. The quantitative estimate of drug-likeness (QED) is 0.0199. The lowest BCUT2D eigenvalue weighted by molar-refractivity contribution is -0.379. The molecule has 19 nitrogen and oxygen atoms in total. The van der Waals surface area contributed by atoms with Gasteiger partial charge in [-0.1, -0.05) is 262 Å². The summed E-state index contributed by atoms with van der Waals surface area (Å²) in [6.07, 6.45) is 41.0. The molecule has 1 amide bonds. The van der Waals surface area contributed by atoms with Crippen LogP contribution in [-0.2, 0) is 33.2 Å². The van der Waals surface area contributed by atoms with Crippen molar-refractivity contribution in [3.63, 3.8) is 0 Å². The van der Waals surface area contributed by atoms with Crippen molar-refractivity contribution in [3.8, 4) is 0 Å². The molecule has 93 heavy (non-hydrogen) atoms. The second-order valence-corrected chi connectivity index (χ2v) is 26.7. The van der Waals surface area contributed by atoms with Crippen LogP contribution in [0.4, 0.5) is 0 Å². The van der Waals surface area contributed by atoms with Gasteiger partial charge in [0, 0.05) is 6.42 Å². The van der Waals surface area contributed by atoms with E-state index in [0.717, 1.165) is 57.8 Å². The Kier molecular flexibility index (Phi) is 50.8. The molecule has 0 spiro atoms. The van der Waals surface area contributed by atoms with Gasteiger partial charge in [-0.25, -0.2) is 0 Å². The number of hydrogen-bond donors (Lipinski definition) is 12. The monoisotopic (exact) mass is 1330 g/mol. The third kappa shape index (κ3) is 37.0. The van der Waals surface area contributed by atoms with Gasteiger partial charge in [0.2, 0.25) is 5.91 Å². The number of carbonyl (C=O) groups excluding carboxylic acids is 1. The number of carbonyl (C=O) groups is 1. The minimum absolute atomic E-state index is 0.230. The van der Waals surface area contributed by atoms with Crippen LogP contribution in [0.3, 0.4) is 0 Å². The van der Waals surface area contributed by atoms with Gasteiger partial charge in [-0.3, -0.25) is 4.79 Å². The molecule has 3 aliphatic rings. The molecule has 17 unspecified atom stereocenters. The third-order valence-electron chi connectivity index (χ3n) is 18.6. The standard InChI is InChI=1S/C74H135NO18/c1-3-5-7-9-11-13-15-17-19-21-23-24-25-26-27-28-29-30-31-32-34-35-37-39-41-43-45-47-49-51-58(79)57(75-62(80)52-50-48-46-44-42-40-38-36-33-22-20-18-16-14-12-10-8-6-4-2)56-88-72-68(86)65(83)70(60(54-77)90-72)93-74-69(87)66(84)71(61(55-78)91-74)92-73-67(85)64(82)63(81)59(53-76)89-73/h12,14,18,20,41,43,49,51,57-61,63-74,76-79,81-87H,3-11,13,15-17,19,21-40,42,44-48,50,52-56H2,1-2H3,(H,75,80)/b14-12-,20-18-,43-41+,51-49+. The van der Waals surface area contributed by atoms with Crippen LogP contribution in [-0.4, -0.2) is 193 Å². The first-order valence-electron chi connectivity index (χ1n) is 37.4. The lowest BCUT2D eigenvalue weighted by Crippen LogP contribution is -2.66. The lowest BCUT2D eigenvalue weighted by Gasteiger charge is -2.48. The first-order valence-corrected chi connectivity index (χ1v) is 37.4. The number of rotatable bonds is 58. The highest BCUT2D eigenvalue weighted by atomic mass is 16.8. The Labute approximate surface area is 561 Å². The first kappa shape index (κ1) is 85.0. The van der Waals surface area contributed by atoms with Gasteiger partial charge in [-0.05, 0) is 64.2 Å². The first-order chi connectivity index (χ1) is 45.3. The maximum Gasteiger partial charge on any atom is 0.220 e. The fraction of sp³-hybridized carbons (Fsp3) is 0.878. The normalized spacial score (nSPS) is 27.8. The Morgan fingerprint density at radius 3 is 1.16 bits per heavy atom. The molecular formula is C74H135NO18. The molecule has 17 atom stereocenters. The van der Waals surface area contributed by atoms with Crippen molar-refractivity contribution in [1.82, 2.24) is 5.32 Å². The second kappa shape index (κ2) is 55.6. The van der Waals surface area contributed by atoms with Gasteiger partial charge in [0.25, 0.3) is 0 Å². The number of nitrogens with one attached hydrogen (secondary N) is 1. The summed E-state index contributed by atoms with van der Waals surface area (Å²) in [4.78, 5) is 13.4. The molecule has 0 aromatic carbocycles. The van der Waals surface area contributed by atoms with E-state index in [9.17, 15) is 61.0 Å². The maximum atomic E-state index is 13.4. The maximum absolute atomic E-state index is 13.4. The van der Waals surface area contributed by atoms with Crippen LogP contribution in [0.2, 0.25) is 0 Å². The van der Waals surface area contributed by atoms with Crippen molar-refractivity contribution < 1.29 is 89.4 Å². The van der Waals surface area contributed by atoms with Crippen LogP contribution < -0.4 is 5.32 Å². The van der Waals surface area contributed by atoms with Crippen LogP contribution in [0.25, 0.3) is 0 Å². The molecule has 3 heterocycles. The predicted molar refractivity (Wildman–Crippen MR) is 365 cm³/mol. The van der Waals surface area contributed by atoms with E-state index in [1.54, 1.807) is 6.08 Å². The highest BCUT2D eigenvalue weighted by molar-refractivity contribution is 5.76. The molecule has 19 heteroatoms. The van der Waals surface area contributed by atoms with Crippen molar-refractivity contribution >= 4 is 5.91 Å². The summed E-state index contributed by atoms with van der Waals surface area (Å²) in [5.41, 5.74) is 0. The zero-order valence-corrected chi connectivity index (χ0v) is 57.7. The number of ether oxygens (including phenoxy) is 6.